The second-order valence-corrected chi connectivity index (χ2v) is 7.93. The summed E-state index contributed by atoms with van der Waals surface area (Å²) in [5.74, 6) is -0.195. The summed E-state index contributed by atoms with van der Waals surface area (Å²) in [6, 6.07) is 4.04. The molecule has 1 saturated heterocycles. The highest BCUT2D eigenvalue weighted by atomic mass is 32.1. The highest BCUT2D eigenvalue weighted by Crippen LogP contribution is 2.63. The van der Waals surface area contributed by atoms with Crippen molar-refractivity contribution in [1.29, 1.82) is 0 Å². The molecular formula is C17H18N2O2S. The van der Waals surface area contributed by atoms with Crippen LogP contribution >= 0.6 is 11.3 Å². The van der Waals surface area contributed by atoms with Gasteiger partial charge in [0.2, 0.25) is 11.8 Å². The Labute approximate surface area is 133 Å². The molecule has 0 radical (unpaired) electrons. The Morgan fingerprint density at radius 1 is 1.27 bits per heavy atom. The number of hydrogen-bond donors (Lipinski definition) is 0. The summed E-state index contributed by atoms with van der Waals surface area (Å²) in [5, 5.41) is 0. The van der Waals surface area contributed by atoms with E-state index in [0.717, 1.165) is 16.8 Å². The molecule has 2 fully saturated rings. The third-order valence-corrected chi connectivity index (χ3v) is 6.32. The summed E-state index contributed by atoms with van der Waals surface area (Å²) >= 11 is 1.65. The quantitative estimate of drug-likeness (QED) is 0.818. The van der Waals surface area contributed by atoms with Crippen LogP contribution in [0.25, 0.3) is 10.2 Å². The normalized spacial score (nSPS) is 25.9. The van der Waals surface area contributed by atoms with E-state index in [1.807, 2.05) is 32.2 Å². The second kappa shape index (κ2) is 4.38. The van der Waals surface area contributed by atoms with Crippen molar-refractivity contribution in [3.63, 3.8) is 0 Å². The summed E-state index contributed by atoms with van der Waals surface area (Å²) in [6.07, 6.45) is 2.78. The molecule has 1 aliphatic carbocycles. The monoisotopic (exact) mass is 314 g/mol. The molecule has 5 heteroatoms. The van der Waals surface area contributed by atoms with Gasteiger partial charge in [-0.1, -0.05) is 20.8 Å². The van der Waals surface area contributed by atoms with Crippen LogP contribution in [-0.4, -0.2) is 21.7 Å². The van der Waals surface area contributed by atoms with Crippen molar-refractivity contribution < 1.29 is 9.59 Å². The number of likely N-dealkylation sites (tertiary alicyclic amines) is 1. The number of pyridine rings is 1. The minimum Gasteiger partial charge on any atom is -0.277 e. The first kappa shape index (κ1) is 13.9. The van der Waals surface area contributed by atoms with E-state index in [9.17, 15) is 9.59 Å². The third-order valence-electron chi connectivity index (χ3n) is 5.13. The molecule has 1 saturated carbocycles. The van der Waals surface area contributed by atoms with Crippen molar-refractivity contribution in [3.05, 3.63) is 28.8 Å². The van der Waals surface area contributed by atoms with Crippen LogP contribution < -0.4 is 0 Å². The van der Waals surface area contributed by atoms with Gasteiger partial charge < -0.3 is 0 Å². The van der Waals surface area contributed by atoms with Gasteiger partial charge in [-0.2, -0.15) is 0 Å². The van der Waals surface area contributed by atoms with Gasteiger partial charge in [0.1, 0.15) is 0 Å². The largest absolute Gasteiger partial charge is 0.277 e. The summed E-state index contributed by atoms with van der Waals surface area (Å²) < 4.78 is 1.17. The average Bonchev–Trinajstić information content (AvgIpc) is 2.78. The van der Waals surface area contributed by atoms with Gasteiger partial charge in [0.15, 0.2) is 0 Å². The number of carbonyl (C=O) groups is 2. The van der Waals surface area contributed by atoms with Gasteiger partial charge in [-0.15, -0.1) is 11.3 Å². The van der Waals surface area contributed by atoms with Crippen LogP contribution in [0.1, 0.15) is 31.2 Å². The fraction of sp³-hybridized carbons (Fsp3) is 0.471. The Balaban J connectivity index is 1.63. The number of fused-ring (bicyclic) bond motifs is 2. The summed E-state index contributed by atoms with van der Waals surface area (Å²) in [7, 11) is 0. The van der Waals surface area contributed by atoms with E-state index in [1.165, 1.54) is 15.2 Å². The van der Waals surface area contributed by atoms with Crippen LogP contribution in [-0.2, 0) is 22.6 Å². The summed E-state index contributed by atoms with van der Waals surface area (Å²) in [5.41, 5.74) is 2.09. The van der Waals surface area contributed by atoms with Gasteiger partial charge in [0.25, 0.3) is 0 Å². The third kappa shape index (κ3) is 1.72. The van der Waals surface area contributed by atoms with Crippen LogP contribution in [0.3, 0.4) is 0 Å². The van der Waals surface area contributed by atoms with Crippen molar-refractivity contribution in [2.75, 3.05) is 0 Å². The number of aromatic nitrogens is 1. The molecule has 4 rings (SSSR count). The molecule has 1 aliphatic heterocycles. The second-order valence-electron chi connectivity index (χ2n) is 6.79. The number of amides is 2. The van der Waals surface area contributed by atoms with Gasteiger partial charge >= 0.3 is 0 Å². The Hall–Kier alpha value is -1.75. The predicted molar refractivity (Wildman–Crippen MR) is 85.3 cm³/mol. The molecule has 3 heterocycles. The molecule has 114 valence electrons. The van der Waals surface area contributed by atoms with E-state index < -0.39 is 0 Å². The molecule has 22 heavy (non-hydrogen) atoms. The maximum atomic E-state index is 12.4. The minimum absolute atomic E-state index is 0.00105. The van der Waals surface area contributed by atoms with Gasteiger partial charge in [-0.05, 0) is 29.5 Å². The van der Waals surface area contributed by atoms with Crippen molar-refractivity contribution in [3.8, 4) is 0 Å². The van der Waals surface area contributed by atoms with Crippen LogP contribution in [0.15, 0.2) is 18.3 Å². The lowest BCUT2D eigenvalue weighted by atomic mass is 10.1. The molecule has 2 aromatic rings. The van der Waals surface area contributed by atoms with E-state index in [0.29, 0.717) is 6.54 Å². The maximum Gasteiger partial charge on any atom is 0.234 e. The lowest BCUT2D eigenvalue weighted by molar-refractivity contribution is -0.143. The number of imide groups is 1. The Kier molecular flexibility index (Phi) is 2.77. The number of carbonyl (C=O) groups excluding carboxylic acids is 2. The topological polar surface area (TPSA) is 50.3 Å². The first-order chi connectivity index (χ1) is 10.4. The van der Waals surface area contributed by atoms with E-state index in [-0.39, 0.29) is 29.1 Å². The minimum atomic E-state index is -0.137. The molecule has 4 nitrogen and oxygen atoms in total. The molecule has 0 N–H and O–H groups in total. The van der Waals surface area contributed by atoms with E-state index in [4.69, 9.17) is 0 Å². The zero-order valence-electron chi connectivity index (χ0n) is 12.9. The van der Waals surface area contributed by atoms with Crippen LogP contribution in [0.2, 0.25) is 0 Å². The zero-order chi connectivity index (χ0) is 15.6. The van der Waals surface area contributed by atoms with Crippen molar-refractivity contribution >= 4 is 33.4 Å². The number of aryl methyl sites for hydroxylation is 1. The molecule has 2 aliphatic rings. The van der Waals surface area contributed by atoms with Crippen molar-refractivity contribution in [2.24, 2.45) is 17.3 Å². The number of nitrogens with zero attached hydrogens (tertiary/aromatic N) is 2. The van der Waals surface area contributed by atoms with E-state index in [1.54, 1.807) is 11.3 Å². The van der Waals surface area contributed by atoms with Gasteiger partial charge in [0.05, 0.1) is 28.6 Å². The molecular weight excluding hydrogens is 296 g/mol. The van der Waals surface area contributed by atoms with Gasteiger partial charge in [0, 0.05) is 11.1 Å². The Bertz CT molecular complexity index is 784. The first-order valence-corrected chi connectivity index (χ1v) is 8.48. The van der Waals surface area contributed by atoms with Crippen LogP contribution in [0, 0.1) is 17.3 Å². The Morgan fingerprint density at radius 3 is 2.59 bits per heavy atom. The van der Waals surface area contributed by atoms with E-state index >= 15 is 0 Å². The average molecular weight is 314 g/mol. The number of thiophene rings is 1. The molecule has 2 aromatic heterocycles. The summed E-state index contributed by atoms with van der Waals surface area (Å²) in [4.78, 5) is 31.7. The maximum absolute atomic E-state index is 12.4. The molecule has 0 spiro atoms. The number of piperidine rings is 1. The molecule has 2 atom stereocenters. The number of rotatable bonds is 3. The lowest BCUT2D eigenvalue weighted by Crippen LogP contribution is -2.35. The fourth-order valence-corrected chi connectivity index (χ4v) is 4.90. The van der Waals surface area contributed by atoms with Gasteiger partial charge in [-0.25, -0.2) is 0 Å². The van der Waals surface area contributed by atoms with Crippen LogP contribution in [0.5, 0.6) is 0 Å². The van der Waals surface area contributed by atoms with E-state index in [2.05, 4.69) is 11.9 Å². The smallest absolute Gasteiger partial charge is 0.234 e. The van der Waals surface area contributed by atoms with Crippen LogP contribution in [0.4, 0.5) is 0 Å². The highest BCUT2D eigenvalue weighted by molar-refractivity contribution is 7.19. The molecule has 2 amide bonds. The fourth-order valence-electron chi connectivity index (χ4n) is 3.71. The predicted octanol–water partition coefficient (Wildman–Crippen LogP) is 3.00. The van der Waals surface area contributed by atoms with Crippen molar-refractivity contribution in [2.45, 2.75) is 33.7 Å². The molecule has 0 bridgehead atoms. The SMILES string of the molecule is CCc1ccnc2cc(CN3C(=O)C4C(C3=O)C4(C)C)sc12. The highest BCUT2D eigenvalue weighted by Gasteiger charge is 2.72. The number of hydrogen-bond acceptors (Lipinski definition) is 4. The standard InChI is InChI=1S/C17H18N2O2S/c1-4-9-5-6-18-11-7-10(22-14(9)11)8-19-15(20)12-13(16(19)21)17(12,2)3/h5-7,12-13H,4,8H2,1-3H3. The van der Waals surface area contributed by atoms with Gasteiger partial charge in [-0.3, -0.25) is 19.5 Å². The lowest BCUT2D eigenvalue weighted by Gasteiger charge is -2.19. The first-order valence-electron chi connectivity index (χ1n) is 7.66. The molecule has 0 aromatic carbocycles. The van der Waals surface area contributed by atoms with Crippen molar-refractivity contribution in [1.82, 2.24) is 9.88 Å². The molecule has 2 unspecified atom stereocenters. The summed E-state index contributed by atoms with van der Waals surface area (Å²) in [6.45, 7) is 6.53. The zero-order valence-corrected chi connectivity index (χ0v) is 13.7. The Morgan fingerprint density at radius 2 is 1.95 bits per heavy atom.